The lowest BCUT2D eigenvalue weighted by atomic mass is 10.1. The highest BCUT2D eigenvalue weighted by Gasteiger charge is 2.39. The monoisotopic (exact) mass is 476 g/mol. The average molecular weight is 478 g/mol. The number of benzene rings is 1. The van der Waals surface area contributed by atoms with Gasteiger partial charge in [0.05, 0.1) is 17.7 Å². The Morgan fingerprint density at radius 3 is 2.12 bits per heavy atom. The number of esters is 2. The highest BCUT2D eigenvalue weighted by atomic mass is 79.9. The molecule has 0 bridgehead atoms. The standard InChI is InChI=1S/C17H18Br2O6/c1-5-22-11-8-9(12(18)13(19)14(11)23-6-2)7-10-15(20)24-17(3,4)25-16(10)21/h7-8H,5-6H2,1-4H3. The second kappa shape index (κ2) is 7.78. The van der Waals surface area contributed by atoms with Crippen LogP contribution in [-0.2, 0) is 19.1 Å². The number of hydrogen-bond donors (Lipinski definition) is 0. The summed E-state index contributed by atoms with van der Waals surface area (Å²) in [6, 6.07) is 1.68. The summed E-state index contributed by atoms with van der Waals surface area (Å²) < 4.78 is 22.7. The van der Waals surface area contributed by atoms with E-state index in [-0.39, 0.29) is 5.57 Å². The SMILES string of the molecule is CCOc1cc(C=C2C(=O)OC(C)(C)OC2=O)c(Br)c(Br)c1OCC. The van der Waals surface area contributed by atoms with E-state index in [1.807, 2.05) is 13.8 Å². The zero-order valence-corrected chi connectivity index (χ0v) is 17.4. The van der Waals surface area contributed by atoms with E-state index in [0.29, 0.717) is 39.2 Å². The predicted molar refractivity (Wildman–Crippen MR) is 98.4 cm³/mol. The molecule has 0 spiro atoms. The fourth-order valence-corrected chi connectivity index (χ4v) is 3.13. The number of rotatable bonds is 5. The molecule has 0 radical (unpaired) electrons. The van der Waals surface area contributed by atoms with Crippen molar-refractivity contribution < 1.29 is 28.5 Å². The molecule has 25 heavy (non-hydrogen) atoms. The van der Waals surface area contributed by atoms with Crippen LogP contribution >= 0.6 is 31.9 Å². The van der Waals surface area contributed by atoms with Crippen LogP contribution in [0.25, 0.3) is 6.08 Å². The maximum atomic E-state index is 12.1. The Balaban J connectivity index is 2.52. The number of halogens is 2. The van der Waals surface area contributed by atoms with Crippen molar-refractivity contribution in [3.63, 3.8) is 0 Å². The van der Waals surface area contributed by atoms with Gasteiger partial charge in [0.2, 0.25) is 0 Å². The van der Waals surface area contributed by atoms with Crippen molar-refractivity contribution in [2.75, 3.05) is 13.2 Å². The van der Waals surface area contributed by atoms with Crippen LogP contribution in [-0.4, -0.2) is 30.9 Å². The Morgan fingerprint density at radius 1 is 1.04 bits per heavy atom. The lowest BCUT2D eigenvalue weighted by molar-refractivity contribution is -0.222. The number of hydrogen-bond acceptors (Lipinski definition) is 6. The molecule has 1 aromatic carbocycles. The zero-order valence-electron chi connectivity index (χ0n) is 14.3. The van der Waals surface area contributed by atoms with E-state index in [4.69, 9.17) is 18.9 Å². The molecule has 0 saturated carbocycles. The van der Waals surface area contributed by atoms with Gasteiger partial charge in [-0.2, -0.15) is 0 Å². The first-order valence-electron chi connectivity index (χ1n) is 7.66. The number of cyclic esters (lactones) is 2. The van der Waals surface area contributed by atoms with Crippen molar-refractivity contribution in [1.82, 2.24) is 0 Å². The van der Waals surface area contributed by atoms with Crippen LogP contribution in [0.1, 0.15) is 33.3 Å². The van der Waals surface area contributed by atoms with E-state index in [0.717, 1.165) is 0 Å². The molecule has 136 valence electrons. The van der Waals surface area contributed by atoms with Gasteiger partial charge in [-0.3, -0.25) is 0 Å². The smallest absolute Gasteiger partial charge is 0.348 e. The molecule has 2 rings (SSSR count). The number of carbonyl (C=O) groups excluding carboxylic acids is 2. The summed E-state index contributed by atoms with van der Waals surface area (Å²) in [5.41, 5.74) is 0.348. The topological polar surface area (TPSA) is 71.1 Å². The second-order valence-corrected chi connectivity index (χ2v) is 7.11. The summed E-state index contributed by atoms with van der Waals surface area (Å²) in [4.78, 5) is 24.3. The van der Waals surface area contributed by atoms with Gasteiger partial charge in [0.15, 0.2) is 11.5 Å². The van der Waals surface area contributed by atoms with Gasteiger partial charge < -0.3 is 18.9 Å². The van der Waals surface area contributed by atoms with E-state index >= 15 is 0 Å². The second-order valence-electron chi connectivity index (χ2n) is 5.52. The van der Waals surface area contributed by atoms with E-state index in [1.165, 1.54) is 19.9 Å². The quantitative estimate of drug-likeness (QED) is 0.359. The largest absolute Gasteiger partial charge is 0.490 e. The molecule has 0 N–H and O–H groups in total. The summed E-state index contributed by atoms with van der Waals surface area (Å²) in [7, 11) is 0. The highest BCUT2D eigenvalue weighted by molar-refractivity contribution is 9.13. The maximum Gasteiger partial charge on any atom is 0.348 e. The number of carbonyl (C=O) groups is 2. The first-order chi connectivity index (χ1) is 11.7. The van der Waals surface area contributed by atoms with Crippen LogP contribution in [0.2, 0.25) is 0 Å². The molecular weight excluding hydrogens is 460 g/mol. The maximum absolute atomic E-state index is 12.1. The summed E-state index contributed by atoms with van der Waals surface area (Å²) in [5.74, 6) is -1.73. The van der Waals surface area contributed by atoms with Crippen LogP contribution in [0.5, 0.6) is 11.5 Å². The molecule has 0 amide bonds. The minimum atomic E-state index is -1.28. The van der Waals surface area contributed by atoms with Crippen LogP contribution in [0.3, 0.4) is 0 Å². The first-order valence-corrected chi connectivity index (χ1v) is 9.24. The molecule has 0 atom stereocenters. The summed E-state index contributed by atoms with van der Waals surface area (Å²) >= 11 is 6.90. The average Bonchev–Trinajstić information content (AvgIpc) is 2.50. The van der Waals surface area contributed by atoms with Crippen LogP contribution in [0, 0.1) is 0 Å². The van der Waals surface area contributed by atoms with Gasteiger partial charge in [-0.25, -0.2) is 9.59 Å². The molecule has 1 aromatic rings. The molecule has 1 aliphatic heterocycles. The molecule has 1 heterocycles. The third kappa shape index (κ3) is 4.36. The van der Waals surface area contributed by atoms with Crippen LogP contribution in [0.4, 0.5) is 0 Å². The summed E-state index contributed by atoms with van der Waals surface area (Å²) in [6.45, 7) is 7.59. The van der Waals surface area contributed by atoms with Crippen molar-refractivity contribution in [3.8, 4) is 11.5 Å². The predicted octanol–water partition coefficient (Wildman–Crippen LogP) is 4.23. The van der Waals surface area contributed by atoms with Gasteiger partial charge in [0, 0.05) is 18.3 Å². The molecule has 1 fully saturated rings. The van der Waals surface area contributed by atoms with Crippen LogP contribution in [0.15, 0.2) is 20.6 Å². The summed E-state index contributed by atoms with van der Waals surface area (Å²) in [5, 5.41) is 0. The molecule has 0 unspecified atom stereocenters. The molecule has 1 aliphatic rings. The highest BCUT2D eigenvalue weighted by Crippen LogP contribution is 2.43. The third-order valence-corrected chi connectivity index (χ3v) is 5.30. The van der Waals surface area contributed by atoms with Crippen molar-refractivity contribution >= 4 is 49.9 Å². The van der Waals surface area contributed by atoms with Crippen molar-refractivity contribution in [1.29, 1.82) is 0 Å². The normalized spacial score (nSPS) is 16.2. The van der Waals surface area contributed by atoms with Crippen molar-refractivity contribution in [3.05, 3.63) is 26.1 Å². The van der Waals surface area contributed by atoms with Gasteiger partial charge in [-0.15, -0.1) is 0 Å². The molecular formula is C17H18Br2O6. The van der Waals surface area contributed by atoms with Crippen LogP contribution < -0.4 is 9.47 Å². The van der Waals surface area contributed by atoms with E-state index in [2.05, 4.69) is 31.9 Å². The van der Waals surface area contributed by atoms with E-state index in [9.17, 15) is 9.59 Å². The number of ether oxygens (including phenoxy) is 4. The third-order valence-electron chi connectivity index (χ3n) is 3.16. The van der Waals surface area contributed by atoms with Crippen molar-refractivity contribution in [2.24, 2.45) is 0 Å². The lowest BCUT2D eigenvalue weighted by Gasteiger charge is -2.29. The van der Waals surface area contributed by atoms with E-state index < -0.39 is 17.7 Å². The van der Waals surface area contributed by atoms with Gasteiger partial charge in [-0.1, -0.05) is 0 Å². The Hall–Kier alpha value is -1.54. The Bertz CT molecular complexity index is 717. The molecule has 1 saturated heterocycles. The minimum absolute atomic E-state index is 0.196. The molecule has 0 aliphatic carbocycles. The first kappa shape index (κ1) is 19.8. The van der Waals surface area contributed by atoms with Gasteiger partial charge in [0.1, 0.15) is 5.57 Å². The lowest BCUT2D eigenvalue weighted by Crippen LogP contribution is -2.41. The Kier molecular flexibility index (Phi) is 6.16. The molecule has 8 heteroatoms. The van der Waals surface area contributed by atoms with Gasteiger partial charge in [0.25, 0.3) is 5.79 Å². The van der Waals surface area contributed by atoms with Gasteiger partial charge >= 0.3 is 11.9 Å². The van der Waals surface area contributed by atoms with Crippen molar-refractivity contribution in [2.45, 2.75) is 33.5 Å². The minimum Gasteiger partial charge on any atom is -0.490 e. The fraction of sp³-hybridized carbons (Fsp3) is 0.412. The fourth-order valence-electron chi connectivity index (χ4n) is 2.19. The summed E-state index contributed by atoms with van der Waals surface area (Å²) in [6.07, 6.45) is 1.40. The van der Waals surface area contributed by atoms with Gasteiger partial charge in [-0.05, 0) is 63.4 Å². The molecule has 0 aromatic heterocycles. The Labute approximate surface area is 162 Å². The molecule has 6 nitrogen and oxygen atoms in total. The zero-order chi connectivity index (χ0) is 18.8. The van der Waals surface area contributed by atoms with E-state index in [1.54, 1.807) is 6.07 Å². The Morgan fingerprint density at radius 2 is 1.60 bits per heavy atom.